The van der Waals surface area contributed by atoms with Crippen molar-refractivity contribution >= 4 is 11.8 Å². The normalized spacial score (nSPS) is 11.7. The molecule has 0 N–H and O–H groups in total. The summed E-state index contributed by atoms with van der Waals surface area (Å²) >= 11 is 0. The van der Waals surface area contributed by atoms with Crippen LogP contribution in [-0.2, 0) is 16.1 Å². The molecule has 0 saturated heterocycles. The predicted molar refractivity (Wildman–Crippen MR) is 104 cm³/mol. The van der Waals surface area contributed by atoms with E-state index in [1.165, 1.54) is 0 Å². The van der Waals surface area contributed by atoms with E-state index >= 15 is 0 Å². The number of rotatable bonds is 8. The van der Waals surface area contributed by atoms with Crippen molar-refractivity contribution < 1.29 is 9.59 Å². The molecule has 4 nitrogen and oxygen atoms in total. The lowest BCUT2D eigenvalue weighted by molar-refractivity contribution is -0.134. The van der Waals surface area contributed by atoms with Gasteiger partial charge in [-0.25, -0.2) is 0 Å². The third-order valence-corrected chi connectivity index (χ3v) is 4.67. The van der Waals surface area contributed by atoms with Gasteiger partial charge in [-0.15, -0.1) is 0 Å². The van der Waals surface area contributed by atoms with Crippen molar-refractivity contribution in [1.82, 2.24) is 9.80 Å². The van der Waals surface area contributed by atoms with Gasteiger partial charge in [0.05, 0.1) is 6.04 Å². The third kappa shape index (κ3) is 5.45. The number of hydrogen-bond acceptors (Lipinski definition) is 2. The molecule has 0 aliphatic carbocycles. The Balaban J connectivity index is 1.98. The number of nitrogens with zero attached hydrogens (tertiary/aromatic N) is 2. The largest absolute Gasteiger partial charge is 0.339 e. The molecule has 1 unspecified atom stereocenters. The van der Waals surface area contributed by atoms with Gasteiger partial charge in [-0.2, -0.15) is 0 Å². The minimum absolute atomic E-state index is 0.0136. The summed E-state index contributed by atoms with van der Waals surface area (Å²) in [7, 11) is 0. The second kappa shape index (κ2) is 9.76. The van der Waals surface area contributed by atoms with Crippen LogP contribution < -0.4 is 0 Å². The van der Waals surface area contributed by atoms with E-state index in [0.717, 1.165) is 11.1 Å². The highest BCUT2D eigenvalue weighted by Crippen LogP contribution is 2.20. The van der Waals surface area contributed by atoms with E-state index in [4.69, 9.17) is 0 Å². The summed E-state index contributed by atoms with van der Waals surface area (Å²) < 4.78 is 0. The first-order chi connectivity index (χ1) is 12.5. The molecule has 2 aromatic carbocycles. The highest BCUT2D eigenvalue weighted by atomic mass is 16.2. The van der Waals surface area contributed by atoms with Gasteiger partial charge in [0.2, 0.25) is 11.8 Å². The predicted octanol–water partition coefficient (Wildman–Crippen LogP) is 4.03. The molecule has 0 spiro atoms. The van der Waals surface area contributed by atoms with Crippen molar-refractivity contribution in [2.24, 2.45) is 0 Å². The van der Waals surface area contributed by atoms with E-state index in [1.807, 2.05) is 79.4 Å². The maximum Gasteiger partial charge on any atom is 0.224 e. The molecular weight excluding hydrogens is 324 g/mol. The Morgan fingerprint density at radius 3 is 2.08 bits per heavy atom. The van der Waals surface area contributed by atoms with Crippen molar-refractivity contribution in [3.05, 3.63) is 71.8 Å². The summed E-state index contributed by atoms with van der Waals surface area (Å²) in [6, 6.07) is 19.8. The molecule has 2 amide bonds. The van der Waals surface area contributed by atoms with Crippen molar-refractivity contribution in [2.75, 3.05) is 13.1 Å². The van der Waals surface area contributed by atoms with Gasteiger partial charge >= 0.3 is 0 Å². The van der Waals surface area contributed by atoms with Gasteiger partial charge in [0.1, 0.15) is 0 Å². The van der Waals surface area contributed by atoms with Gasteiger partial charge in [-0.05, 0) is 25.0 Å². The Morgan fingerprint density at radius 2 is 1.54 bits per heavy atom. The highest BCUT2D eigenvalue weighted by molar-refractivity contribution is 5.78. The van der Waals surface area contributed by atoms with Crippen LogP contribution in [0.5, 0.6) is 0 Å². The highest BCUT2D eigenvalue weighted by Gasteiger charge is 2.20. The standard InChI is InChI=1S/C22H28N2O2/c1-4-23(17-20-11-7-5-8-12-20)22(26)15-16-24(19(3)25)18(2)21-13-9-6-10-14-21/h5-14,18H,4,15-17H2,1-3H3. The summed E-state index contributed by atoms with van der Waals surface area (Å²) in [5, 5.41) is 0. The van der Waals surface area contributed by atoms with Crippen LogP contribution in [0.3, 0.4) is 0 Å². The first kappa shape index (κ1) is 19.7. The van der Waals surface area contributed by atoms with Crippen LogP contribution >= 0.6 is 0 Å². The molecule has 0 bridgehead atoms. The van der Waals surface area contributed by atoms with Gasteiger partial charge in [0.25, 0.3) is 0 Å². The Kier molecular flexibility index (Phi) is 7.39. The molecule has 26 heavy (non-hydrogen) atoms. The minimum atomic E-state index is -0.0503. The lowest BCUT2D eigenvalue weighted by atomic mass is 10.1. The molecule has 0 saturated carbocycles. The Bertz CT molecular complexity index is 701. The van der Waals surface area contributed by atoms with Crippen LogP contribution in [0, 0.1) is 0 Å². The molecular formula is C22H28N2O2. The smallest absolute Gasteiger partial charge is 0.224 e. The number of carbonyl (C=O) groups is 2. The van der Waals surface area contributed by atoms with E-state index in [1.54, 1.807) is 11.8 Å². The van der Waals surface area contributed by atoms with E-state index in [-0.39, 0.29) is 17.9 Å². The zero-order chi connectivity index (χ0) is 18.9. The average Bonchev–Trinajstić information content (AvgIpc) is 2.67. The molecule has 0 aromatic heterocycles. The fourth-order valence-electron chi connectivity index (χ4n) is 3.09. The van der Waals surface area contributed by atoms with Crippen LogP contribution in [0.15, 0.2) is 60.7 Å². The zero-order valence-corrected chi connectivity index (χ0v) is 15.9. The molecule has 4 heteroatoms. The maximum absolute atomic E-state index is 12.7. The average molecular weight is 352 g/mol. The quantitative estimate of drug-likeness (QED) is 0.719. The fraction of sp³-hybridized carbons (Fsp3) is 0.364. The number of benzene rings is 2. The lowest BCUT2D eigenvalue weighted by Crippen LogP contribution is -2.37. The minimum Gasteiger partial charge on any atom is -0.339 e. The Hall–Kier alpha value is -2.62. The molecule has 0 radical (unpaired) electrons. The monoisotopic (exact) mass is 352 g/mol. The lowest BCUT2D eigenvalue weighted by Gasteiger charge is -2.29. The fourth-order valence-corrected chi connectivity index (χ4v) is 3.09. The first-order valence-corrected chi connectivity index (χ1v) is 9.16. The van der Waals surface area contributed by atoms with Gasteiger partial charge in [-0.1, -0.05) is 60.7 Å². The summed E-state index contributed by atoms with van der Waals surface area (Å²) in [5.41, 5.74) is 2.19. The molecule has 2 rings (SSSR count). The Morgan fingerprint density at radius 1 is 0.962 bits per heavy atom. The molecule has 0 heterocycles. The second-order valence-electron chi connectivity index (χ2n) is 6.44. The van der Waals surface area contributed by atoms with Gasteiger partial charge in [0, 0.05) is 33.0 Å². The summed E-state index contributed by atoms with van der Waals surface area (Å²) in [5.74, 6) is 0.0584. The Labute approximate surface area is 156 Å². The summed E-state index contributed by atoms with van der Waals surface area (Å²) in [6.45, 7) is 7.23. The SMILES string of the molecule is CCN(Cc1ccccc1)C(=O)CCN(C(C)=O)C(C)c1ccccc1. The van der Waals surface area contributed by atoms with Gasteiger partial charge < -0.3 is 9.80 Å². The molecule has 0 aliphatic rings. The van der Waals surface area contributed by atoms with Crippen molar-refractivity contribution in [3.8, 4) is 0 Å². The summed E-state index contributed by atoms with van der Waals surface area (Å²) in [4.78, 5) is 28.4. The number of hydrogen-bond donors (Lipinski definition) is 0. The van der Waals surface area contributed by atoms with Crippen LogP contribution in [-0.4, -0.2) is 34.7 Å². The molecule has 138 valence electrons. The van der Waals surface area contributed by atoms with Crippen LogP contribution in [0.4, 0.5) is 0 Å². The van der Waals surface area contributed by atoms with Gasteiger partial charge in [-0.3, -0.25) is 9.59 Å². The van der Waals surface area contributed by atoms with Gasteiger partial charge in [0.15, 0.2) is 0 Å². The van der Waals surface area contributed by atoms with Crippen LogP contribution in [0.2, 0.25) is 0 Å². The van der Waals surface area contributed by atoms with Crippen LogP contribution in [0.25, 0.3) is 0 Å². The molecule has 0 aliphatic heterocycles. The van der Waals surface area contributed by atoms with Crippen LogP contribution in [0.1, 0.15) is 44.4 Å². The second-order valence-corrected chi connectivity index (χ2v) is 6.44. The van der Waals surface area contributed by atoms with E-state index in [0.29, 0.717) is 26.1 Å². The van der Waals surface area contributed by atoms with E-state index in [2.05, 4.69) is 0 Å². The molecule has 0 fully saturated rings. The zero-order valence-electron chi connectivity index (χ0n) is 15.9. The first-order valence-electron chi connectivity index (χ1n) is 9.16. The summed E-state index contributed by atoms with van der Waals surface area (Å²) in [6.07, 6.45) is 0.331. The number of carbonyl (C=O) groups excluding carboxylic acids is 2. The topological polar surface area (TPSA) is 40.6 Å². The van der Waals surface area contributed by atoms with Crippen molar-refractivity contribution in [2.45, 2.75) is 39.8 Å². The third-order valence-electron chi connectivity index (χ3n) is 4.67. The molecule has 2 aromatic rings. The molecule has 1 atom stereocenters. The van der Waals surface area contributed by atoms with Crippen molar-refractivity contribution in [1.29, 1.82) is 0 Å². The number of amides is 2. The maximum atomic E-state index is 12.7. The van der Waals surface area contributed by atoms with E-state index < -0.39 is 0 Å². The van der Waals surface area contributed by atoms with Crippen molar-refractivity contribution in [3.63, 3.8) is 0 Å². The van der Waals surface area contributed by atoms with E-state index in [9.17, 15) is 9.59 Å².